The van der Waals surface area contributed by atoms with E-state index in [1.54, 1.807) is 0 Å². The van der Waals surface area contributed by atoms with Crippen molar-refractivity contribution < 1.29 is 4.92 Å². The number of nitro groups is 1. The van der Waals surface area contributed by atoms with E-state index in [1.165, 1.54) is 6.42 Å². The van der Waals surface area contributed by atoms with Crippen LogP contribution in [0, 0.1) is 44.6 Å². The topological polar surface area (TPSA) is 66.9 Å². The van der Waals surface area contributed by atoms with Gasteiger partial charge in [-0.3, -0.25) is 10.1 Å². The number of hydrogen-bond donors (Lipinski definition) is 0. The Balaban J connectivity index is 2.03. The fraction of sp³-hybridized carbons (Fsp3) is 0.909. The molecule has 0 aromatic heterocycles. The van der Waals surface area contributed by atoms with Crippen molar-refractivity contribution in [2.75, 3.05) is 0 Å². The highest BCUT2D eigenvalue weighted by Crippen LogP contribution is 2.60. The van der Waals surface area contributed by atoms with Gasteiger partial charge in [-0.05, 0) is 43.9 Å². The van der Waals surface area contributed by atoms with Gasteiger partial charge in [0.25, 0.3) is 0 Å². The van der Waals surface area contributed by atoms with Crippen LogP contribution < -0.4 is 0 Å². The summed E-state index contributed by atoms with van der Waals surface area (Å²) in [6.45, 7) is 0. The van der Waals surface area contributed by atoms with Gasteiger partial charge in [0.15, 0.2) is 0 Å². The van der Waals surface area contributed by atoms with Gasteiger partial charge in [-0.15, -0.1) is 0 Å². The molecular formula is C11H14N2O2. The van der Waals surface area contributed by atoms with Gasteiger partial charge < -0.3 is 0 Å². The Bertz CT molecular complexity index is 346. The maximum Gasteiger partial charge on any atom is 0.234 e. The standard InChI is InChI=1S/C11H14N2O2/c12-6-11-4-7-1-8(5-11)3-9(2-7)10(11)13(14)15/h7-10H,1-5H2. The molecule has 4 bridgehead atoms. The predicted octanol–water partition coefficient (Wildman–Crippen LogP) is 1.98. The Morgan fingerprint density at radius 3 is 2.33 bits per heavy atom. The van der Waals surface area contributed by atoms with E-state index >= 15 is 0 Å². The van der Waals surface area contributed by atoms with Crippen LogP contribution in [0.5, 0.6) is 0 Å². The van der Waals surface area contributed by atoms with Crippen molar-refractivity contribution >= 4 is 0 Å². The fourth-order valence-electron chi connectivity index (χ4n) is 4.55. The normalized spacial score (nSPS) is 51.4. The smallest absolute Gasteiger partial charge is 0.234 e. The van der Waals surface area contributed by atoms with Crippen molar-refractivity contribution in [3.05, 3.63) is 10.1 Å². The van der Waals surface area contributed by atoms with Crippen molar-refractivity contribution in [2.45, 2.75) is 38.1 Å². The molecule has 4 rings (SSSR count). The lowest BCUT2D eigenvalue weighted by Crippen LogP contribution is -2.58. The SMILES string of the molecule is N#CC12CC3CC(CC(C3)C1[N+](=O)[O-])C2. The van der Waals surface area contributed by atoms with Crippen LogP contribution in [-0.4, -0.2) is 11.0 Å². The van der Waals surface area contributed by atoms with Gasteiger partial charge in [-0.25, -0.2) is 0 Å². The third-order valence-electron chi connectivity index (χ3n) is 4.71. The lowest BCUT2D eigenvalue weighted by Gasteiger charge is -2.54. The summed E-state index contributed by atoms with van der Waals surface area (Å²) < 4.78 is 0. The Kier molecular flexibility index (Phi) is 1.66. The molecule has 4 aliphatic carbocycles. The van der Waals surface area contributed by atoms with Gasteiger partial charge in [0.2, 0.25) is 6.04 Å². The second kappa shape index (κ2) is 2.72. The summed E-state index contributed by atoms with van der Waals surface area (Å²) in [4.78, 5) is 10.9. The van der Waals surface area contributed by atoms with Crippen molar-refractivity contribution in [3.63, 3.8) is 0 Å². The number of nitriles is 1. The zero-order valence-corrected chi connectivity index (χ0v) is 8.56. The van der Waals surface area contributed by atoms with Crippen molar-refractivity contribution in [2.24, 2.45) is 23.2 Å². The molecule has 3 unspecified atom stereocenters. The molecule has 4 nitrogen and oxygen atoms in total. The van der Waals surface area contributed by atoms with Crippen LogP contribution >= 0.6 is 0 Å². The molecule has 4 heteroatoms. The molecule has 4 aliphatic rings. The van der Waals surface area contributed by atoms with Crippen LogP contribution in [0.15, 0.2) is 0 Å². The molecule has 4 saturated carbocycles. The minimum atomic E-state index is -0.613. The molecule has 0 radical (unpaired) electrons. The summed E-state index contributed by atoms with van der Waals surface area (Å²) in [7, 11) is 0. The highest BCUT2D eigenvalue weighted by atomic mass is 16.6. The second-order valence-corrected chi connectivity index (χ2v) is 5.61. The van der Waals surface area contributed by atoms with E-state index in [1.807, 2.05) is 0 Å². The highest BCUT2D eigenvalue weighted by molar-refractivity contribution is 5.15. The third kappa shape index (κ3) is 1.06. The van der Waals surface area contributed by atoms with Gasteiger partial charge in [-0.2, -0.15) is 5.26 Å². The molecule has 0 aromatic carbocycles. The summed E-state index contributed by atoms with van der Waals surface area (Å²) in [5.74, 6) is 1.38. The van der Waals surface area contributed by atoms with Crippen LogP contribution in [0.2, 0.25) is 0 Å². The van der Waals surface area contributed by atoms with Crippen molar-refractivity contribution in [3.8, 4) is 6.07 Å². The fourth-order valence-corrected chi connectivity index (χ4v) is 4.55. The van der Waals surface area contributed by atoms with Gasteiger partial charge >= 0.3 is 0 Å². The summed E-state index contributed by atoms with van der Waals surface area (Å²) in [6, 6.07) is 1.73. The summed E-state index contributed by atoms with van der Waals surface area (Å²) in [5, 5.41) is 20.4. The molecule has 0 aromatic rings. The van der Waals surface area contributed by atoms with E-state index in [9.17, 15) is 15.4 Å². The molecule has 0 aliphatic heterocycles. The first-order chi connectivity index (χ1) is 7.14. The maximum atomic E-state index is 11.1. The minimum Gasteiger partial charge on any atom is -0.264 e. The number of hydrogen-bond acceptors (Lipinski definition) is 3. The lowest BCUT2D eigenvalue weighted by atomic mass is 9.48. The zero-order valence-electron chi connectivity index (χ0n) is 8.56. The van der Waals surface area contributed by atoms with E-state index in [0.29, 0.717) is 11.8 Å². The summed E-state index contributed by atoms with van der Waals surface area (Å²) in [6.07, 6.45) is 4.76. The lowest BCUT2D eigenvalue weighted by molar-refractivity contribution is -0.560. The maximum absolute atomic E-state index is 11.1. The third-order valence-corrected chi connectivity index (χ3v) is 4.71. The summed E-state index contributed by atoms with van der Waals surface area (Å²) >= 11 is 0. The summed E-state index contributed by atoms with van der Waals surface area (Å²) in [5.41, 5.74) is -0.613. The number of rotatable bonds is 1. The van der Waals surface area contributed by atoms with Crippen molar-refractivity contribution in [1.29, 1.82) is 5.26 Å². The highest BCUT2D eigenvalue weighted by Gasteiger charge is 2.63. The van der Waals surface area contributed by atoms with Crippen LogP contribution in [-0.2, 0) is 0 Å². The monoisotopic (exact) mass is 206 g/mol. The molecule has 15 heavy (non-hydrogen) atoms. The van der Waals surface area contributed by atoms with Crippen molar-refractivity contribution in [1.82, 2.24) is 0 Å². The molecule has 0 heterocycles. The van der Waals surface area contributed by atoms with E-state index in [-0.39, 0.29) is 10.8 Å². The predicted molar refractivity (Wildman–Crippen MR) is 52.4 cm³/mol. The molecule has 3 atom stereocenters. The average Bonchev–Trinajstić information content (AvgIpc) is 2.15. The van der Waals surface area contributed by atoms with Crippen LogP contribution in [0.3, 0.4) is 0 Å². The first kappa shape index (κ1) is 9.14. The van der Waals surface area contributed by atoms with Crippen LogP contribution in [0.25, 0.3) is 0 Å². The van der Waals surface area contributed by atoms with Gasteiger partial charge in [0, 0.05) is 10.8 Å². The van der Waals surface area contributed by atoms with E-state index < -0.39 is 11.5 Å². The van der Waals surface area contributed by atoms with Gasteiger partial charge in [-0.1, -0.05) is 0 Å². The number of nitrogens with zero attached hydrogens (tertiary/aromatic N) is 2. The Hall–Kier alpha value is -1.11. The zero-order chi connectivity index (χ0) is 10.6. The Morgan fingerprint density at radius 2 is 1.87 bits per heavy atom. The van der Waals surface area contributed by atoms with Gasteiger partial charge in [0.05, 0.1) is 6.07 Å². The second-order valence-electron chi connectivity index (χ2n) is 5.61. The molecule has 0 N–H and O–H groups in total. The molecule has 0 amide bonds. The van der Waals surface area contributed by atoms with E-state index in [0.717, 1.165) is 25.7 Å². The van der Waals surface area contributed by atoms with Gasteiger partial charge in [0.1, 0.15) is 5.41 Å². The van der Waals surface area contributed by atoms with E-state index in [2.05, 4.69) is 6.07 Å². The minimum absolute atomic E-state index is 0.175. The van der Waals surface area contributed by atoms with Crippen LogP contribution in [0.1, 0.15) is 32.1 Å². The molecule has 4 fully saturated rings. The Labute approximate surface area is 88.4 Å². The molecule has 0 saturated heterocycles. The molecular weight excluding hydrogens is 192 g/mol. The molecule has 80 valence electrons. The largest absolute Gasteiger partial charge is 0.264 e. The molecule has 0 spiro atoms. The Morgan fingerprint density at radius 1 is 1.27 bits per heavy atom. The average molecular weight is 206 g/mol. The first-order valence-electron chi connectivity index (χ1n) is 5.69. The van der Waals surface area contributed by atoms with Crippen LogP contribution in [0.4, 0.5) is 0 Å². The van der Waals surface area contributed by atoms with E-state index in [4.69, 9.17) is 0 Å². The first-order valence-corrected chi connectivity index (χ1v) is 5.69. The quantitative estimate of drug-likeness (QED) is 0.486.